The van der Waals surface area contributed by atoms with Gasteiger partial charge in [0.25, 0.3) is 0 Å². The highest BCUT2D eigenvalue weighted by Crippen LogP contribution is 2.32. The lowest BCUT2D eigenvalue weighted by Crippen LogP contribution is -2.35. The fourth-order valence-corrected chi connectivity index (χ4v) is 3.23. The van der Waals surface area contributed by atoms with Crippen LogP contribution in [0.3, 0.4) is 0 Å². The second-order valence-corrected chi connectivity index (χ2v) is 7.23. The summed E-state index contributed by atoms with van der Waals surface area (Å²) in [5, 5.41) is 0. The van der Waals surface area contributed by atoms with E-state index in [2.05, 4.69) is 43.0 Å². The first-order chi connectivity index (χ1) is 11.6. The SMILES string of the molecule is COc1cccc(CCCN(C)C)c1OCCN1CCC(C)CC1. The lowest BCUT2D eigenvalue weighted by atomic mass is 9.99. The van der Waals surface area contributed by atoms with Gasteiger partial charge in [-0.3, -0.25) is 4.90 Å². The molecular formula is C20H34N2O2. The quantitative estimate of drug-likeness (QED) is 0.692. The van der Waals surface area contributed by atoms with Crippen LogP contribution in [0.4, 0.5) is 0 Å². The van der Waals surface area contributed by atoms with Crippen LogP contribution in [0, 0.1) is 5.92 Å². The number of aryl methyl sites for hydroxylation is 1. The van der Waals surface area contributed by atoms with Crippen molar-refractivity contribution < 1.29 is 9.47 Å². The molecule has 0 aromatic heterocycles. The molecule has 1 aliphatic heterocycles. The number of ether oxygens (including phenoxy) is 2. The number of hydrogen-bond acceptors (Lipinski definition) is 4. The van der Waals surface area contributed by atoms with Crippen molar-refractivity contribution in [2.24, 2.45) is 5.92 Å². The molecule has 1 aromatic rings. The van der Waals surface area contributed by atoms with Crippen molar-refractivity contribution in [1.29, 1.82) is 0 Å². The molecule has 1 aromatic carbocycles. The van der Waals surface area contributed by atoms with Crippen LogP contribution in [0.15, 0.2) is 18.2 Å². The number of benzene rings is 1. The van der Waals surface area contributed by atoms with Crippen LogP contribution in [0.25, 0.3) is 0 Å². The molecule has 0 bridgehead atoms. The number of likely N-dealkylation sites (tertiary alicyclic amines) is 1. The minimum absolute atomic E-state index is 0.732. The topological polar surface area (TPSA) is 24.9 Å². The Morgan fingerprint density at radius 3 is 2.62 bits per heavy atom. The van der Waals surface area contributed by atoms with E-state index >= 15 is 0 Å². The molecule has 1 fully saturated rings. The fraction of sp³-hybridized carbons (Fsp3) is 0.700. The van der Waals surface area contributed by atoms with Gasteiger partial charge in [0.2, 0.25) is 0 Å². The van der Waals surface area contributed by atoms with E-state index in [0.29, 0.717) is 0 Å². The van der Waals surface area contributed by atoms with E-state index < -0.39 is 0 Å². The minimum atomic E-state index is 0.732. The minimum Gasteiger partial charge on any atom is -0.493 e. The van der Waals surface area contributed by atoms with Gasteiger partial charge in [-0.25, -0.2) is 0 Å². The van der Waals surface area contributed by atoms with Crippen LogP contribution in [0.2, 0.25) is 0 Å². The molecule has 0 saturated carbocycles. The van der Waals surface area contributed by atoms with Gasteiger partial charge in [0.15, 0.2) is 11.5 Å². The molecule has 0 unspecified atom stereocenters. The molecule has 4 nitrogen and oxygen atoms in total. The molecule has 0 atom stereocenters. The Morgan fingerprint density at radius 2 is 1.96 bits per heavy atom. The predicted molar refractivity (Wildman–Crippen MR) is 100 cm³/mol. The molecule has 24 heavy (non-hydrogen) atoms. The van der Waals surface area contributed by atoms with Crippen molar-refractivity contribution in [2.45, 2.75) is 32.6 Å². The van der Waals surface area contributed by atoms with E-state index in [1.807, 2.05) is 6.07 Å². The van der Waals surface area contributed by atoms with Gasteiger partial charge < -0.3 is 14.4 Å². The third-order valence-corrected chi connectivity index (χ3v) is 4.86. The molecule has 1 aliphatic rings. The molecule has 1 heterocycles. The second-order valence-electron chi connectivity index (χ2n) is 7.23. The van der Waals surface area contributed by atoms with E-state index in [1.165, 1.54) is 31.5 Å². The summed E-state index contributed by atoms with van der Waals surface area (Å²) >= 11 is 0. The van der Waals surface area contributed by atoms with E-state index in [9.17, 15) is 0 Å². The van der Waals surface area contributed by atoms with E-state index in [4.69, 9.17) is 9.47 Å². The number of methoxy groups -OCH3 is 1. The Morgan fingerprint density at radius 1 is 1.21 bits per heavy atom. The molecule has 2 rings (SSSR count). The molecule has 0 radical (unpaired) electrons. The summed E-state index contributed by atoms with van der Waals surface area (Å²) in [6.45, 7) is 7.57. The summed E-state index contributed by atoms with van der Waals surface area (Å²) in [7, 11) is 5.95. The van der Waals surface area contributed by atoms with Crippen LogP contribution in [-0.4, -0.2) is 63.8 Å². The lowest BCUT2D eigenvalue weighted by molar-refractivity contribution is 0.158. The van der Waals surface area contributed by atoms with Crippen LogP contribution in [-0.2, 0) is 6.42 Å². The summed E-state index contributed by atoms with van der Waals surface area (Å²) in [5.74, 6) is 2.66. The summed E-state index contributed by atoms with van der Waals surface area (Å²) in [5.41, 5.74) is 1.25. The van der Waals surface area contributed by atoms with Crippen LogP contribution in [0.1, 0.15) is 31.7 Å². The predicted octanol–water partition coefficient (Wildman–Crippen LogP) is 3.30. The molecule has 0 spiro atoms. The summed E-state index contributed by atoms with van der Waals surface area (Å²) in [6, 6.07) is 6.21. The van der Waals surface area contributed by atoms with Gasteiger partial charge in [0.05, 0.1) is 7.11 Å². The van der Waals surface area contributed by atoms with Crippen molar-refractivity contribution in [1.82, 2.24) is 9.80 Å². The van der Waals surface area contributed by atoms with Crippen molar-refractivity contribution in [3.63, 3.8) is 0 Å². The third kappa shape index (κ3) is 5.99. The van der Waals surface area contributed by atoms with Gasteiger partial charge in [-0.1, -0.05) is 19.1 Å². The molecule has 1 saturated heterocycles. The molecular weight excluding hydrogens is 300 g/mol. The number of nitrogens with zero attached hydrogens (tertiary/aromatic N) is 2. The molecule has 0 aliphatic carbocycles. The number of hydrogen-bond donors (Lipinski definition) is 0. The average Bonchev–Trinajstić information content (AvgIpc) is 2.57. The van der Waals surface area contributed by atoms with Gasteiger partial charge in [0, 0.05) is 6.54 Å². The van der Waals surface area contributed by atoms with Gasteiger partial charge in [-0.15, -0.1) is 0 Å². The first-order valence-electron chi connectivity index (χ1n) is 9.26. The van der Waals surface area contributed by atoms with E-state index in [-0.39, 0.29) is 0 Å². The highest BCUT2D eigenvalue weighted by molar-refractivity contribution is 5.46. The van der Waals surface area contributed by atoms with Crippen molar-refractivity contribution >= 4 is 0 Å². The first-order valence-corrected chi connectivity index (χ1v) is 9.26. The zero-order chi connectivity index (χ0) is 17.4. The molecule has 4 heteroatoms. The number of piperidine rings is 1. The smallest absolute Gasteiger partial charge is 0.164 e. The van der Waals surface area contributed by atoms with Crippen molar-refractivity contribution in [3.8, 4) is 11.5 Å². The maximum Gasteiger partial charge on any atom is 0.164 e. The summed E-state index contributed by atoms with van der Waals surface area (Å²) in [4.78, 5) is 4.74. The molecule has 0 amide bonds. The zero-order valence-electron chi connectivity index (χ0n) is 15.9. The number of para-hydroxylation sites is 1. The standard InChI is InChI=1S/C20H34N2O2/c1-17-10-13-22(14-11-17)15-16-24-20-18(8-6-12-21(2)3)7-5-9-19(20)23-4/h5,7,9,17H,6,8,10-16H2,1-4H3. The monoisotopic (exact) mass is 334 g/mol. The highest BCUT2D eigenvalue weighted by atomic mass is 16.5. The van der Waals surface area contributed by atoms with E-state index in [0.717, 1.165) is 50.0 Å². The maximum atomic E-state index is 6.17. The van der Waals surface area contributed by atoms with Crippen molar-refractivity contribution in [3.05, 3.63) is 23.8 Å². The molecule has 136 valence electrons. The van der Waals surface area contributed by atoms with Gasteiger partial charge in [-0.2, -0.15) is 0 Å². The van der Waals surface area contributed by atoms with Gasteiger partial charge >= 0.3 is 0 Å². The van der Waals surface area contributed by atoms with Crippen LogP contribution in [0.5, 0.6) is 11.5 Å². The lowest BCUT2D eigenvalue weighted by Gasteiger charge is -2.30. The number of rotatable bonds is 9. The zero-order valence-corrected chi connectivity index (χ0v) is 15.9. The normalized spacial score (nSPS) is 16.5. The van der Waals surface area contributed by atoms with Crippen LogP contribution >= 0.6 is 0 Å². The Balaban J connectivity index is 1.89. The van der Waals surface area contributed by atoms with Crippen LogP contribution < -0.4 is 9.47 Å². The summed E-state index contributed by atoms with van der Waals surface area (Å²) < 4.78 is 11.7. The first kappa shape index (κ1) is 19.1. The van der Waals surface area contributed by atoms with Gasteiger partial charge in [-0.05, 0) is 77.0 Å². The molecule has 0 N–H and O–H groups in total. The van der Waals surface area contributed by atoms with E-state index in [1.54, 1.807) is 7.11 Å². The highest BCUT2D eigenvalue weighted by Gasteiger charge is 2.16. The third-order valence-electron chi connectivity index (χ3n) is 4.86. The summed E-state index contributed by atoms with van der Waals surface area (Å²) in [6.07, 6.45) is 4.77. The Labute approximate surface area is 147 Å². The largest absolute Gasteiger partial charge is 0.493 e. The second kappa shape index (κ2) is 9.90. The van der Waals surface area contributed by atoms with Gasteiger partial charge in [0.1, 0.15) is 6.61 Å². The maximum absolute atomic E-state index is 6.17. The van der Waals surface area contributed by atoms with Crippen molar-refractivity contribution in [2.75, 3.05) is 54.0 Å². The Kier molecular flexibility index (Phi) is 7.86. The fourth-order valence-electron chi connectivity index (χ4n) is 3.23. The Bertz CT molecular complexity index is 483. The average molecular weight is 335 g/mol. The Hall–Kier alpha value is -1.26.